The van der Waals surface area contributed by atoms with Gasteiger partial charge in [-0.05, 0) is 73.6 Å². The average molecular weight is 455 g/mol. The largest absolute Gasteiger partial charge is 0.491 e. The van der Waals surface area contributed by atoms with E-state index >= 15 is 0 Å². The van der Waals surface area contributed by atoms with E-state index in [9.17, 15) is 4.79 Å². The molecule has 3 aliphatic rings. The number of hydrogen-bond acceptors (Lipinski definition) is 7. The average Bonchev–Trinajstić information content (AvgIpc) is 3.77. The van der Waals surface area contributed by atoms with Gasteiger partial charge in [0.25, 0.3) is 0 Å². The minimum atomic E-state index is -0.328. The van der Waals surface area contributed by atoms with Crippen molar-refractivity contribution in [2.45, 2.75) is 49.9 Å². The van der Waals surface area contributed by atoms with Crippen LogP contribution in [0.1, 0.15) is 37.2 Å². The Morgan fingerprint density at radius 3 is 1.73 bits per heavy atom. The van der Waals surface area contributed by atoms with Crippen LogP contribution in [0.2, 0.25) is 0 Å². The summed E-state index contributed by atoms with van der Waals surface area (Å²) in [6.07, 6.45) is 4.18. The molecule has 5 rings (SSSR count). The first-order valence-electron chi connectivity index (χ1n) is 11.7. The lowest BCUT2D eigenvalue weighted by molar-refractivity contribution is -0.153. The highest BCUT2D eigenvalue weighted by molar-refractivity contribution is 5.71. The van der Waals surface area contributed by atoms with E-state index in [1.165, 1.54) is 5.56 Å². The van der Waals surface area contributed by atoms with Crippen molar-refractivity contribution in [1.29, 1.82) is 0 Å². The first kappa shape index (κ1) is 22.0. The predicted molar refractivity (Wildman–Crippen MR) is 120 cm³/mol. The summed E-state index contributed by atoms with van der Waals surface area (Å²) >= 11 is 0. The summed E-state index contributed by atoms with van der Waals surface area (Å²) in [4.78, 5) is 12.2. The van der Waals surface area contributed by atoms with Crippen molar-refractivity contribution in [2.75, 3.05) is 33.0 Å². The number of epoxide rings is 2. The van der Waals surface area contributed by atoms with Crippen molar-refractivity contribution in [3.05, 3.63) is 54.1 Å². The van der Waals surface area contributed by atoms with Crippen molar-refractivity contribution >= 4 is 5.97 Å². The molecule has 0 aromatic heterocycles. The Bertz CT molecular complexity index is 895. The fourth-order valence-corrected chi connectivity index (χ4v) is 4.05. The highest BCUT2D eigenvalue weighted by atomic mass is 16.6. The molecule has 1 aliphatic carbocycles. The van der Waals surface area contributed by atoms with Gasteiger partial charge in [0.1, 0.15) is 48.8 Å². The molecule has 7 nitrogen and oxygen atoms in total. The minimum absolute atomic E-state index is 0.0427. The number of esters is 1. The van der Waals surface area contributed by atoms with E-state index < -0.39 is 0 Å². The van der Waals surface area contributed by atoms with Crippen LogP contribution in [0.15, 0.2) is 48.5 Å². The second-order valence-electron chi connectivity index (χ2n) is 8.83. The van der Waals surface area contributed by atoms with Crippen LogP contribution in [0, 0.1) is 0 Å². The second kappa shape index (κ2) is 10.4. The van der Waals surface area contributed by atoms with Crippen LogP contribution in [-0.2, 0) is 19.0 Å². The van der Waals surface area contributed by atoms with Gasteiger partial charge in [-0.25, -0.2) is 4.79 Å². The summed E-state index contributed by atoms with van der Waals surface area (Å²) in [6, 6.07) is 15.6. The van der Waals surface area contributed by atoms with Crippen molar-refractivity contribution < 1.29 is 33.2 Å². The summed E-state index contributed by atoms with van der Waals surface area (Å²) in [5.41, 5.74) is 1.32. The van der Waals surface area contributed by atoms with E-state index in [2.05, 4.69) is 12.1 Å². The highest BCUT2D eigenvalue weighted by Gasteiger charge is 2.26. The third-order valence-corrected chi connectivity index (χ3v) is 6.18. The summed E-state index contributed by atoms with van der Waals surface area (Å²) in [5.74, 6) is 2.41. The second-order valence-corrected chi connectivity index (χ2v) is 8.83. The SMILES string of the molecule is O=C(COc1ccc(OCC2CO2)cc1)OC1CCC(c2ccc(OCC3CO3)cc2)CC1. The Hall–Kier alpha value is -2.77. The van der Waals surface area contributed by atoms with Gasteiger partial charge in [-0.3, -0.25) is 0 Å². The van der Waals surface area contributed by atoms with Crippen molar-refractivity contribution in [3.8, 4) is 17.2 Å². The van der Waals surface area contributed by atoms with Crippen molar-refractivity contribution in [3.63, 3.8) is 0 Å². The van der Waals surface area contributed by atoms with Crippen LogP contribution in [0.4, 0.5) is 0 Å². The van der Waals surface area contributed by atoms with Gasteiger partial charge in [0, 0.05) is 0 Å². The van der Waals surface area contributed by atoms with Crippen LogP contribution >= 0.6 is 0 Å². The number of rotatable bonds is 11. The van der Waals surface area contributed by atoms with Crippen LogP contribution in [-0.4, -0.2) is 57.3 Å². The molecule has 0 N–H and O–H groups in total. The molecule has 2 aromatic rings. The smallest absolute Gasteiger partial charge is 0.344 e. The molecule has 0 amide bonds. The Morgan fingerprint density at radius 2 is 1.21 bits per heavy atom. The summed E-state index contributed by atoms with van der Waals surface area (Å²) in [5, 5.41) is 0. The maximum atomic E-state index is 12.2. The zero-order valence-corrected chi connectivity index (χ0v) is 18.6. The Kier molecular flexibility index (Phi) is 6.98. The number of benzene rings is 2. The molecule has 0 bridgehead atoms. The number of carbonyl (C=O) groups is 1. The lowest BCUT2D eigenvalue weighted by Crippen LogP contribution is -2.26. The van der Waals surface area contributed by atoms with Crippen LogP contribution in [0.5, 0.6) is 17.2 Å². The molecule has 176 valence electrons. The maximum Gasteiger partial charge on any atom is 0.344 e. The van der Waals surface area contributed by atoms with Crippen molar-refractivity contribution in [2.24, 2.45) is 0 Å². The van der Waals surface area contributed by atoms with E-state index in [1.807, 2.05) is 24.3 Å². The number of ether oxygens (including phenoxy) is 6. The van der Waals surface area contributed by atoms with E-state index in [-0.39, 0.29) is 30.9 Å². The van der Waals surface area contributed by atoms with E-state index in [1.54, 1.807) is 12.1 Å². The van der Waals surface area contributed by atoms with Gasteiger partial charge in [0.05, 0.1) is 13.2 Å². The molecule has 7 heteroatoms. The molecule has 2 aromatic carbocycles. The zero-order chi connectivity index (χ0) is 22.5. The van der Waals surface area contributed by atoms with Crippen LogP contribution in [0.25, 0.3) is 0 Å². The van der Waals surface area contributed by atoms with Crippen LogP contribution < -0.4 is 14.2 Å². The van der Waals surface area contributed by atoms with Gasteiger partial charge in [0.2, 0.25) is 0 Å². The van der Waals surface area contributed by atoms with E-state index in [4.69, 9.17) is 28.4 Å². The Labute approximate surface area is 193 Å². The normalized spacial score (nSPS) is 25.7. The molecule has 3 fully saturated rings. The van der Waals surface area contributed by atoms with Gasteiger partial charge in [-0.2, -0.15) is 0 Å². The fourth-order valence-electron chi connectivity index (χ4n) is 4.05. The molecular formula is C26H30O7. The standard InChI is InChI=1S/C26H30O7/c27-26(17-32-22-11-9-21(10-12-22)29-14-25-16-31-25)33-23-7-3-19(4-8-23)18-1-5-20(6-2-18)28-13-24-15-30-24/h1-2,5-6,9-12,19,23-25H,3-4,7-8,13-17H2. The van der Waals surface area contributed by atoms with E-state index in [0.29, 0.717) is 24.9 Å². The molecular weight excluding hydrogens is 424 g/mol. The summed E-state index contributed by atoms with van der Waals surface area (Å²) < 4.78 is 32.8. The lowest BCUT2D eigenvalue weighted by atomic mass is 9.83. The lowest BCUT2D eigenvalue weighted by Gasteiger charge is -2.28. The molecule has 0 spiro atoms. The highest BCUT2D eigenvalue weighted by Crippen LogP contribution is 2.35. The molecule has 2 atom stereocenters. The third-order valence-electron chi connectivity index (χ3n) is 6.18. The molecule has 2 aliphatic heterocycles. The molecule has 1 saturated carbocycles. The van der Waals surface area contributed by atoms with Crippen molar-refractivity contribution in [1.82, 2.24) is 0 Å². The topological polar surface area (TPSA) is 79.1 Å². The van der Waals surface area contributed by atoms with Gasteiger partial charge in [-0.1, -0.05) is 12.1 Å². The molecule has 33 heavy (non-hydrogen) atoms. The molecule has 2 unspecified atom stereocenters. The summed E-state index contributed by atoms with van der Waals surface area (Å²) in [6.45, 7) is 2.66. The first-order valence-corrected chi connectivity index (χ1v) is 11.7. The zero-order valence-electron chi connectivity index (χ0n) is 18.6. The summed E-state index contributed by atoms with van der Waals surface area (Å²) in [7, 11) is 0. The molecule has 0 radical (unpaired) electrons. The van der Waals surface area contributed by atoms with Gasteiger partial charge >= 0.3 is 5.97 Å². The van der Waals surface area contributed by atoms with E-state index in [0.717, 1.165) is 50.4 Å². The maximum absolute atomic E-state index is 12.2. The minimum Gasteiger partial charge on any atom is -0.491 e. The van der Waals surface area contributed by atoms with Gasteiger partial charge in [-0.15, -0.1) is 0 Å². The van der Waals surface area contributed by atoms with Crippen LogP contribution in [0.3, 0.4) is 0 Å². The third kappa shape index (κ3) is 6.85. The van der Waals surface area contributed by atoms with Gasteiger partial charge < -0.3 is 28.4 Å². The monoisotopic (exact) mass is 454 g/mol. The number of carbonyl (C=O) groups excluding carboxylic acids is 1. The molecule has 2 saturated heterocycles. The van der Waals surface area contributed by atoms with Gasteiger partial charge in [0.15, 0.2) is 6.61 Å². The molecule has 2 heterocycles. The fraction of sp³-hybridized carbons (Fsp3) is 0.500. The number of hydrogen-bond donors (Lipinski definition) is 0. The first-order chi connectivity index (χ1) is 16.2. The predicted octanol–water partition coefficient (Wildman–Crippen LogP) is 3.89. The Balaban J connectivity index is 0.993. The Morgan fingerprint density at radius 1 is 0.727 bits per heavy atom. The quantitative estimate of drug-likeness (QED) is 0.376.